The second kappa shape index (κ2) is 6.65. The molecule has 1 N–H and O–H groups in total. The van der Waals surface area contributed by atoms with Crippen molar-refractivity contribution in [1.82, 2.24) is 9.88 Å². The highest BCUT2D eigenvalue weighted by Crippen LogP contribution is 2.33. The number of rotatable bonds is 2. The van der Waals surface area contributed by atoms with E-state index < -0.39 is 0 Å². The van der Waals surface area contributed by atoms with E-state index in [1.807, 2.05) is 36.2 Å². The molecule has 5 heteroatoms. The van der Waals surface area contributed by atoms with Crippen LogP contribution in [0.5, 0.6) is 0 Å². The van der Waals surface area contributed by atoms with Gasteiger partial charge >= 0.3 is 0 Å². The third kappa shape index (κ3) is 3.68. The van der Waals surface area contributed by atoms with E-state index in [1.54, 1.807) is 6.20 Å². The van der Waals surface area contributed by atoms with Crippen LogP contribution in [0.4, 0.5) is 0 Å². The summed E-state index contributed by atoms with van der Waals surface area (Å²) in [6.45, 7) is 7.56. The summed E-state index contributed by atoms with van der Waals surface area (Å²) in [7, 11) is 0. The first-order valence-electron chi connectivity index (χ1n) is 8.34. The molecule has 0 saturated carbocycles. The van der Waals surface area contributed by atoms with Gasteiger partial charge in [-0.15, -0.1) is 11.3 Å². The molecule has 1 aliphatic heterocycles. The van der Waals surface area contributed by atoms with Crippen LogP contribution in [0.25, 0.3) is 10.4 Å². The molecule has 1 atom stereocenters. The summed E-state index contributed by atoms with van der Waals surface area (Å²) >= 11 is 1.53. The van der Waals surface area contributed by atoms with Crippen molar-refractivity contribution in [2.75, 3.05) is 13.1 Å². The van der Waals surface area contributed by atoms with E-state index in [9.17, 15) is 9.90 Å². The average Bonchev–Trinajstić information content (AvgIpc) is 2.95. The predicted octanol–water partition coefficient (Wildman–Crippen LogP) is 3.74. The minimum atomic E-state index is -0.323. The third-order valence-corrected chi connectivity index (χ3v) is 5.64. The molecule has 0 bridgehead atoms. The molecular formula is C19H24N2O2S. The number of thiophene rings is 1. The number of carbonyl (C=O) groups excluding carboxylic acids is 1. The highest BCUT2D eigenvalue weighted by Gasteiger charge is 2.32. The van der Waals surface area contributed by atoms with E-state index in [-0.39, 0.29) is 17.4 Å². The zero-order valence-corrected chi connectivity index (χ0v) is 15.3. The normalized spacial score (nSPS) is 20.7. The van der Waals surface area contributed by atoms with Crippen LogP contribution in [-0.4, -0.2) is 40.1 Å². The third-order valence-electron chi connectivity index (χ3n) is 4.53. The van der Waals surface area contributed by atoms with Gasteiger partial charge in [-0.2, -0.15) is 0 Å². The number of aliphatic hydroxyl groups excluding tert-OH is 1. The van der Waals surface area contributed by atoms with E-state index in [0.717, 1.165) is 27.3 Å². The lowest BCUT2D eigenvalue weighted by Crippen LogP contribution is -2.37. The number of aromatic nitrogens is 1. The van der Waals surface area contributed by atoms with Crippen LogP contribution in [0, 0.1) is 12.3 Å². The van der Waals surface area contributed by atoms with E-state index in [4.69, 9.17) is 0 Å². The van der Waals surface area contributed by atoms with Gasteiger partial charge in [-0.05, 0) is 54.5 Å². The SMILES string of the molecule is Cc1cnccc1-c1ccc(C(=O)N2CCC(O)CC(C)(C)C2)s1. The Morgan fingerprint density at radius 1 is 1.38 bits per heavy atom. The number of amides is 1. The van der Waals surface area contributed by atoms with E-state index >= 15 is 0 Å². The number of nitrogens with zero attached hydrogens (tertiary/aromatic N) is 2. The van der Waals surface area contributed by atoms with E-state index in [1.165, 1.54) is 11.3 Å². The van der Waals surface area contributed by atoms with Gasteiger partial charge in [0.1, 0.15) is 0 Å². The van der Waals surface area contributed by atoms with Crippen molar-refractivity contribution in [3.8, 4) is 10.4 Å². The number of pyridine rings is 1. The smallest absolute Gasteiger partial charge is 0.263 e. The lowest BCUT2D eigenvalue weighted by molar-refractivity contribution is 0.0709. The molecule has 0 spiro atoms. The van der Waals surface area contributed by atoms with Gasteiger partial charge in [0.05, 0.1) is 11.0 Å². The summed E-state index contributed by atoms with van der Waals surface area (Å²) in [6.07, 6.45) is 4.69. The van der Waals surface area contributed by atoms with Crippen molar-refractivity contribution in [3.05, 3.63) is 41.0 Å². The lowest BCUT2D eigenvalue weighted by atomic mass is 9.87. The first-order valence-corrected chi connectivity index (χ1v) is 9.15. The van der Waals surface area contributed by atoms with Crippen molar-refractivity contribution in [3.63, 3.8) is 0 Å². The molecular weight excluding hydrogens is 320 g/mol. The van der Waals surface area contributed by atoms with Gasteiger partial charge in [-0.3, -0.25) is 9.78 Å². The highest BCUT2D eigenvalue weighted by molar-refractivity contribution is 7.17. The molecule has 0 radical (unpaired) electrons. The van der Waals surface area contributed by atoms with Crippen LogP contribution in [-0.2, 0) is 0 Å². The van der Waals surface area contributed by atoms with Crippen LogP contribution < -0.4 is 0 Å². The summed E-state index contributed by atoms with van der Waals surface area (Å²) < 4.78 is 0. The number of aryl methyl sites for hydroxylation is 1. The molecule has 24 heavy (non-hydrogen) atoms. The fourth-order valence-electron chi connectivity index (χ4n) is 3.38. The van der Waals surface area contributed by atoms with Crippen molar-refractivity contribution >= 4 is 17.2 Å². The highest BCUT2D eigenvalue weighted by atomic mass is 32.1. The van der Waals surface area contributed by atoms with Gasteiger partial charge in [0.25, 0.3) is 5.91 Å². The zero-order chi connectivity index (χ0) is 17.3. The first-order chi connectivity index (χ1) is 11.4. The van der Waals surface area contributed by atoms with Crippen LogP contribution in [0.2, 0.25) is 0 Å². The van der Waals surface area contributed by atoms with Crippen LogP contribution in [0.15, 0.2) is 30.6 Å². The molecule has 4 nitrogen and oxygen atoms in total. The predicted molar refractivity (Wildman–Crippen MR) is 97.2 cm³/mol. The fraction of sp³-hybridized carbons (Fsp3) is 0.474. The largest absolute Gasteiger partial charge is 0.393 e. The maximum Gasteiger partial charge on any atom is 0.263 e. The molecule has 3 heterocycles. The second-order valence-corrected chi connectivity index (χ2v) is 8.48. The average molecular weight is 344 g/mol. The van der Waals surface area contributed by atoms with Gasteiger partial charge < -0.3 is 10.0 Å². The summed E-state index contributed by atoms with van der Waals surface area (Å²) in [5, 5.41) is 10.0. The molecule has 2 aromatic heterocycles. The topological polar surface area (TPSA) is 53.4 Å². The van der Waals surface area contributed by atoms with Crippen molar-refractivity contribution in [1.29, 1.82) is 0 Å². The number of carbonyl (C=O) groups is 1. The Bertz CT molecular complexity index is 738. The summed E-state index contributed by atoms with van der Waals surface area (Å²) in [6, 6.07) is 5.91. The van der Waals surface area contributed by atoms with Crippen molar-refractivity contribution in [2.24, 2.45) is 5.41 Å². The molecule has 1 fully saturated rings. The number of likely N-dealkylation sites (tertiary alicyclic amines) is 1. The fourth-order valence-corrected chi connectivity index (χ4v) is 4.45. The van der Waals surface area contributed by atoms with Gasteiger partial charge in [-0.25, -0.2) is 0 Å². The molecule has 1 saturated heterocycles. The van der Waals surface area contributed by atoms with Crippen LogP contribution >= 0.6 is 11.3 Å². The monoisotopic (exact) mass is 344 g/mol. The molecule has 2 aromatic rings. The molecule has 0 aliphatic carbocycles. The number of aliphatic hydroxyl groups is 1. The molecule has 3 rings (SSSR count). The van der Waals surface area contributed by atoms with Crippen molar-refractivity contribution < 1.29 is 9.90 Å². The minimum absolute atomic E-state index is 0.0621. The van der Waals surface area contributed by atoms with E-state index in [0.29, 0.717) is 19.5 Å². The number of hydrogen-bond donors (Lipinski definition) is 1. The Kier molecular flexibility index (Phi) is 4.74. The Hall–Kier alpha value is -1.72. The Morgan fingerprint density at radius 2 is 2.17 bits per heavy atom. The first kappa shape index (κ1) is 17.1. The molecule has 1 aliphatic rings. The lowest BCUT2D eigenvalue weighted by Gasteiger charge is -2.29. The van der Waals surface area contributed by atoms with Gasteiger partial charge in [0.2, 0.25) is 0 Å². The van der Waals surface area contributed by atoms with Gasteiger partial charge in [-0.1, -0.05) is 13.8 Å². The molecule has 128 valence electrons. The Balaban J connectivity index is 1.82. The molecule has 1 amide bonds. The van der Waals surface area contributed by atoms with Gasteiger partial charge in [0.15, 0.2) is 0 Å². The second-order valence-electron chi connectivity index (χ2n) is 7.39. The maximum atomic E-state index is 12.9. The summed E-state index contributed by atoms with van der Waals surface area (Å²) in [5.41, 5.74) is 2.17. The van der Waals surface area contributed by atoms with Crippen molar-refractivity contribution in [2.45, 2.75) is 39.7 Å². The van der Waals surface area contributed by atoms with Gasteiger partial charge in [0, 0.05) is 30.4 Å². The quantitative estimate of drug-likeness (QED) is 0.903. The Morgan fingerprint density at radius 3 is 2.92 bits per heavy atom. The van der Waals surface area contributed by atoms with E-state index in [2.05, 4.69) is 18.8 Å². The Labute approximate surface area is 147 Å². The molecule has 1 unspecified atom stereocenters. The standard InChI is InChI=1S/C19H24N2O2S/c1-13-11-20-8-6-15(13)16-4-5-17(24-16)18(23)21-9-7-14(22)10-19(2,3)12-21/h4-6,8,11,14,22H,7,9-10,12H2,1-3H3. The summed E-state index contributed by atoms with van der Waals surface area (Å²) in [4.78, 5) is 20.8. The minimum Gasteiger partial charge on any atom is -0.393 e. The van der Waals surface area contributed by atoms with Crippen LogP contribution in [0.1, 0.15) is 41.9 Å². The molecule has 0 aromatic carbocycles. The zero-order valence-electron chi connectivity index (χ0n) is 14.5. The number of hydrogen-bond acceptors (Lipinski definition) is 4. The van der Waals surface area contributed by atoms with Crippen LogP contribution in [0.3, 0.4) is 0 Å². The maximum absolute atomic E-state index is 12.9. The summed E-state index contributed by atoms with van der Waals surface area (Å²) in [5.74, 6) is 0.0696.